The van der Waals surface area contributed by atoms with Gasteiger partial charge in [0.1, 0.15) is 0 Å². The van der Waals surface area contributed by atoms with E-state index in [0.717, 1.165) is 5.56 Å². The third kappa shape index (κ3) is 2.35. The van der Waals surface area contributed by atoms with E-state index in [1.807, 2.05) is 6.26 Å². The first-order chi connectivity index (χ1) is 5.34. The van der Waals surface area contributed by atoms with Crippen LogP contribution in [0.5, 0.6) is 0 Å². The van der Waals surface area contributed by atoms with Crippen molar-refractivity contribution in [1.29, 1.82) is 0 Å². The second kappa shape index (κ2) is 4.13. The monoisotopic (exact) mass is 167 g/mol. The molecule has 2 nitrogen and oxygen atoms in total. The van der Waals surface area contributed by atoms with E-state index in [1.165, 1.54) is 11.8 Å². The molecule has 1 rings (SSSR count). The largest absolute Gasteiger partial charge is 0.293 e. The van der Waals surface area contributed by atoms with Crippen molar-refractivity contribution < 1.29 is 4.79 Å². The van der Waals surface area contributed by atoms with Gasteiger partial charge < -0.3 is 0 Å². The molecule has 11 heavy (non-hydrogen) atoms. The summed E-state index contributed by atoms with van der Waals surface area (Å²) in [5.41, 5.74) is 0.745. The quantitative estimate of drug-likeness (QED) is 0.641. The highest BCUT2D eigenvalue weighted by atomic mass is 32.2. The molecule has 0 aromatic carbocycles. The molecule has 58 valence electrons. The fraction of sp³-hybridized carbons (Fsp3) is 0.250. The number of pyridine rings is 1. The van der Waals surface area contributed by atoms with Crippen LogP contribution >= 0.6 is 11.8 Å². The lowest BCUT2D eigenvalue weighted by molar-refractivity contribution is 0.102. The molecule has 0 aliphatic rings. The number of carbonyl (C=O) groups is 1. The Morgan fingerprint density at radius 2 is 2.18 bits per heavy atom. The Morgan fingerprint density at radius 3 is 2.73 bits per heavy atom. The highest BCUT2D eigenvalue weighted by Gasteiger charge is 2.01. The first kappa shape index (κ1) is 8.27. The summed E-state index contributed by atoms with van der Waals surface area (Å²) >= 11 is 1.53. The smallest absolute Gasteiger partial charge is 0.172 e. The lowest BCUT2D eigenvalue weighted by Crippen LogP contribution is -2.01. The van der Waals surface area contributed by atoms with Gasteiger partial charge in [-0.05, 0) is 18.4 Å². The number of aromatic nitrogens is 1. The molecular formula is C8H9NOS. The minimum atomic E-state index is 0.167. The summed E-state index contributed by atoms with van der Waals surface area (Å²) in [5, 5.41) is 0. The Labute approximate surface area is 70.0 Å². The number of thioether (sulfide) groups is 1. The molecule has 3 heteroatoms. The van der Waals surface area contributed by atoms with Crippen LogP contribution in [0.25, 0.3) is 0 Å². The molecule has 0 aliphatic carbocycles. The normalized spacial score (nSPS) is 9.55. The second-order valence-corrected chi connectivity index (χ2v) is 2.96. The van der Waals surface area contributed by atoms with E-state index >= 15 is 0 Å². The Balaban J connectivity index is 2.69. The summed E-state index contributed by atoms with van der Waals surface area (Å²) in [6.07, 6.45) is 5.18. The Kier molecular flexibility index (Phi) is 3.11. The van der Waals surface area contributed by atoms with E-state index < -0.39 is 0 Å². The van der Waals surface area contributed by atoms with E-state index in [4.69, 9.17) is 0 Å². The van der Waals surface area contributed by atoms with Crippen LogP contribution in [0.3, 0.4) is 0 Å². The van der Waals surface area contributed by atoms with Crippen LogP contribution in [0.2, 0.25) is 0 Å². The van der Waals surface area contributed by atoms with Crippen molar-refractivity contribution in [3.8, 4) is 0 Å². The van der Waals surface area contributed by atoms with Gasteiger partial charge in [0.2, 0.25) is 0 Å². The van der Waals surface area contributed by atoms with Gasteiger partial charge in [0.05, 0.1) is 5.75 Å². The van der Waals surface area contributed by atoms with Crippen LogP contribution in [-0.4, -0.2) is 22.8 Å². The molecule has 0 unspecified atom stereocenters. The van der Waals surface area contributed by atoms with Gasteiger partial charge in [-0.3, -0.25) is 9.78 Å². The van der Waals surface area contributed by atoms with E-state index in [2.05, 4.69) is 4.98 Å². The number of rotatable bonds is 3. The Morgan fingerprint density at radius 1 is 1.55 bits per heavy atom. The molecule has 0 N–H and O–H groups in total. The van der Waals surface area contributed by atoms with Crippen molar-refractivity contribution in [3.05, 3.63) is 30.1 Å². The number of hydrogen-bond acceptors (Lipinski definition) is 3. The van der Waals surface area contributed by atoms with Crippen LogP contribution in [0.15, 0.2) is 24.5 Å². The topological polar surface area (TPSA) is 30.0 Å². The van der Waals surface area contributed by atoms with E-state index in [1.54, 1.807) is 24.5 Å². The average Bonchev–Trinajstić information content (AvgIpc) is 2.07. The fourth-order valence-corrected chi connectivity index (χ4v) is 1.18. The number of Topliss-reactive ketones (excluding diaryl/α,β-unsaturated/α-hetero) is 1. The van der Waals surface area contributed by atoms with Crippen molar-refractivity contribution in [2.45, 2.75) is 0 Å². The number of nitrogens with zero attached hydrogens (tertiary/aromatic N) is 1. The van der Waals surface area contributed by atoms with Crippen LogP contribution < -0.4 is 0 Å². The number of hydrogen-bond donors (Lipinski definition) is 0. The van der Waals surface area contributed by atoms with Crippen molar-refractivity contribution in [2.24, 2.45) is 0 Å². The molecule has 0 saturated heterocycles. The van der Waals surface area contributed by atoms with Crippen LogP contribution in [0.4, 0.5) is 0 Å². The standard InChI is InChI=1S/C8H9NOS/c1-11-6-8(10)7-2-4-9-5-3-7/h2-5H,6H2,1H3. The molecular weight excluding hydrogens is 158 g/mol. The van der Waals surface area contributed by atoms with Crippen molar-refractivity contribution in [2.75, 3.05) is 12.0 Å². The second-order valence-electron chi connectivity index (χ2n) is 2.09. The molecule has 0 atom stereocenters. The van der Waals surface area contributed by atoms with Crippen molar-refractivity contribution in [1.82, 2.24) is 4.98 Å². The maximum Gasteiger partial charge on any atom is 0.172 e. The van der Waals surface area contributed by atoms with Gasteiger partial charge in [-0.15, -0.1) is 0 Å². The molecule has 0 fully saturated rings. The molecule has 1 aromatic heterocycles. The zero-order valence-electron chi connectivity index (χ0n) is 6.28. The zero-order valence-corrected chi connectivity index (χ0v) is 7.10. The molecule has 1 heterocycles. The van der Waals surface area contributed by atoms with Crippen molar-refractivity contribution >= 4 is 17.5 Å². The Hall–Kier alpha value is -0.830. The van der Waals surface area contributed by atoms with Crippen LogP contribution in [-0.2, 0) is 0 Å². The third-order valence-corrected chi connectivity index (χ3v) is 1.83. The molecule has 0 saturated carbocycles. The predicted octanol–water partition coefficient (Wildman–Crippen LogP) is 1.63. The molecule has 0 bridgehead atoms. The van der Waals surface area contributed by atoms with Crippen LogP contribution in [0.1, 0.15) is 10.4 Å². The van der Waals surface area contributed by atoms with Gasteiger partial charge in [-0.2, -0.15) is 11.8 Å². The fourth-order valence-electron chi connectivity index (χ4n) is 0.752. The summed E-state index contributed by atoms with van der Waals surface area (Å²) in [4.78, 5) is 15.0. The first-order valence-corrected chi connectivity index (χ1v) is 4.66. The Bertz CT molecular complexity index is 235. The van der Waals surface area contributed by atoms with Gasteiger partial charge >= 0.3 is 0 Å². The van der Waals surface area contributed by atoms with Crippen LogP contribution in [0, 0.1) is 0 Å². The number of ketones is 1. The average molecular weight is 167 g/mol. The summed E-state index contributed by atoms with van der Waals surface area (Å²) in [7, 11) is 0. The molecule has 0 spiro atoms. The highest BCUT2D eigenvalue weighted by molar-refractivity contribution is 7.99. The predicted molar refractivity (Wildman–Crippen MR) is 46.9 cm³/mol. The SMILES string of the molecule is CSCC(=O)c1ccncc1. The van der Waals surface area contributed by atoms with Gasteiger partial charge in [-0.25, -0.2) is 0 Å². The first-order valence-electron chi connectivity index (χ1n) is 3.27. The van der Waals surface area contributed by atoms with E-state index in [9.17, 15) is 4.79 Å². The number of carbonyl (C=O) groups excluding carboxylic acids is 1. The minimum Gasteiger partial charge on any atom is -0.293 e. The van der Waals surface area contributed by atoms with Gasteiger partial charge in [0, 0.05) is 18.0 Å². The maximum atomic E-state index is 11.2. The maximum absolute atomic E-state index is 11.2. The van der Waals surface area contributed by atoms with Gasteiger partial charge in [-0.1, -0.05) is 0 Å². The summed E-state index contributed by atoms with van der Waals surface area (Å²) in [6.45, 7) is 0. The highest BCUT2D eigenvalue weighted by Crippen LogP contribution is 2.02. The molecule has 0 amide bonds. The van der Waals surface area contributed by atoms with Gasteiger partial charge in [0.15, 0.2) is 5.78 Å². The lowest BCUT2D eigenvalue weighted by atomic mass is 10.2. The summed E-state index contributed by atoms with van der Waals surface area (Å²) in [6, 6.07) is 3.47. The molecule has 0 radical (unpaired) electrons. The lowest BCUT2D eigenvalue weighted by Gasteiger charge is -1.95. The zero-order chi connectivity index (χ0) is 8.10. The van der Waals surface area contributed by atoms with E-state index in [0.29, 0.717) is 5.75 Å². The summed E-state index contributed by atoms with van der Waals surface area (Å²) in [5.74, 6) is 0.712. The molecule has 0 aliphatic heterocycles. The van der Waals surface area contributed by atoms with Gasteiger partial charge in [0.25, 0.3) is 0 Å². The molecule has 1 aromatic rings. The summed E-state index contributed by atoms with van der Waals surface area (Å²) < 4.78 is 0. The van der Waals surface area contributed by atoms with E-state index in [-0.39, 0.29) is 5.78 Å². The van der Waals surface area contributed by atoms with Crippen molar-refractivity contribution in [3.63, 3.8) is 0 Å². The third-order valence-electron chi connectivity index (χ3n) is 1.28. The minimum absolute atomic E-state index is 0.167.